The Kier molecular flexibility index (Phi) is 2.23. The Morgan fingerprint density at radius 3 is 2.88 bits per heavy atom. The molecule has 2 aromatic heterocycles. The quantitative estimate of drug-likeness (QED) is 0.689. The maximum atomic E-state index is 6.03. The first-order chi connectivity index (χ1) is 8.19. The smallest absolute Gasteiger partial charge is 0.124 e. The molecule has 0 aliphatic carbocycles. The van der Waals surface area contributed by atoms with Crippen LogP contribution in [0.1, 0.15) is 12.6 Å². The Hall–Kier alpha value is -1.74. The van der Waals surface area contributed by atoms with Gasteiger partial charge < -0.3 is 10.7 Å². The van der Waals surface area contributed by atoms with Crippen molar-refractivity contribution in [1.29, 1.82) is 0 Å². The minimum atomic E-state index is 0.551. The highest BCUT2D eigenvalue weighted by Crippen LogP contribution is 2.30. The summed E-state index contributed by atoms with van der Waals surface area (Å²) in [6.07, 6.45) is 0.849. The van der Waals surface area contributed by atoms with E-state index in [1.807, 2.05) is 24.3 Å². The highest BCUT2D eigenvalue weighted by atomic mass is 35.5. The number of aromatic amines is 1. The molecule has 1 aromatic carbocycles. The number of nitrogens with one attached hydrogen (secondary N) is 1. The van der Waals surface area contributed by atoms with Crippen LogP contribution in [0.3, 0.4) is 0 Å². The van der Waals surface area contributed by atoms with Gasteiger partial charge in [0.1, 0.15) is 5.82 Å². The van der Waals surface area contributed by atoms with Crippen molar-refractivity contribution in [1.82, 2.24) is 9.97 Å². The predicted octanol–water partition coefficient (Wildman–Crippen LogP) is 3.51. The molecule has 17 heavy (non-hydrogen) atoms. The number of hydrogen-bond acceptors (Lipinski definition) is 2. The van der Waals surface area contributed by atoms with Gasteiger partial charge >= 0.3 is 0 Å². The van der Waals surface area contributed by atoms with E-state index in [0.29, 0.717) is 5.82 Å². The van der Waals surface area contributed by atoms with E-state index in [2.05, 4.69) is 16.9 Å². The van der Waals surface area contributed by atoms with Crippen LogP contribution in [0.25, 0.3) is 21.8 Å². The zero-order valence-electron chi connectivity index (χ0n) is 9.42. The Morgan fingerprint density at radius 2 is 2.12 bits per heavy atom. The van der Waals surface area contributed by atoms with Crippen molar-refractivity contribution in [2.24, 2.45) is 0 Å². The Bertz CT molecular complexity index is 715. The summed E-state index contributed by atoms with van der Waals surface area (Å²) in [6, 6.07) is 7.70. The fourth-order valence-corrected chi connectivity index (χ4v) is 2.38. The third kappa shape index (κ3) is 1.54. The summed E-state index contributed by atoms with van der Waals surface area (Å²) in [7, 11) is 0. The van der Waals surface area contributed by atoms with Gasteiger partial charge in [-0.2, -0.15) is 0 Å². The van der Waals surface area contributed by atoms with Crippen molar-refractivity contribution in [3.05, 3.63) is 35.0 Å². The number of aromatic nitrogens is 2. The molecule has 3 aromatic rings. The lowest BCUT2D eigenvalue weighted by molar-refractivity contribution is 1.06. The van der Waals surface area contributed by atoms with E-state index >= 15 is 0 Å². The van der Waals surface area contributed by atoms with Crippen LogP contribution in [0.5, 0.6) is 0 Å². The molecule has 0 saturated carbocycles. The van der Waals surface area contributed by atoms with Crippen molar-refractivity contribution in [2.45, 2.75) is 13.3 Å². The lowest BCUT2D eigenvalue weighted by atomic mass is 10.1. The van der Waals surface area contributed by atoms with E-state index in [1.54, 1.807) is 0 Å². The van der Waals surface area contributed by atoms with Gasteiger partial charge in [0.15, 0.2) is 0 Å². The molecule has 3 nitrogen and oxygen atoms in total. The highest BCUT2D eigenvalue weighted by Gasteiger charge is 2.09. The van der Waals surface area contributed by atoms with Crippen molar-refractivity contribution in [3.8, 4) is 0 Å². The number of fused-ring (bicyclic) bond motifs is 3. The molecule has 0 aliphatic heterocycles. The van der Waals surface area contributed by atoms with Gasteiger partial charge in [0.25, 0.3) is 0 Å². The zero-order chi connectivity index (χ0) is 12.0. The average Bonchev–Trinajstić information content (AvgIpc) is 2.66. The molecule has 0 bridgehead atoms. The molecule has 0 aliphatic rings. The minimum Gasteiger partial charge on any atom is -0.384 e. The van der Waals surface area contributed by atoms with Gasteiger partial charge in [-0.15, -0.1) is 0 Å². The van der Waals surface area contributed by atoms with Gasteiger partial charge in [-0.1, -0.05) is 18.5 Å². The Labute approximate surface area is 104 Å². The molecule has 86 valence electrons. The third-order valence-corrected chi connectivity index (χ3v) is 3.22. The molecule has 4 heteroatoms. The largest absolute Gasteiger partial charge is 0.384 e. The third-order valence-electron chi connectivity index (χ3n) is 2.98. The van der Waals surface area contributed by atoms with Crippen LogP contribution in [0, 0.1) is 0 Å². The first-order valence-corrected chi connectivity index (χ1v) is 5.93. The number of H-pyrrole nitrogens is 1. The van der Waals surface area contributed by atoms with Gasteiger partial charge in [-0.25, -0.2) is 4.98 Å². The summed E-state index contributed by atoms with van der Waals surface area (Å²) in [6.45, 7) is 2.07. The summed E-state index contributed by atoms with van der Waals surface area (Å²) in [4.78, 5) is 7.73. The molecular weight excluding hydrogens is 234 g/mol. The van der Waals surface area contributed by atoms with E-state index in [0.717, 1.165) is 38.9 Å². The molecule has 0 fully saturated rings. The number of anilines is 1. The SMILES string of the molecule is CCc1nc(N)cc2c1[nH]c1ccc(Cl)cc12. The molecule has 3 rings (SSSR count). The van der Waals surface area contributed by atoms with Gasteiger partial charge in [-0.05, 0) is 30.7 Å². The molecular formula is C13H12ClN3. The normalized spacial score (nSPS) is 11.4. The molecule has 3 N–H and O–H groups in total. The Morgan fingerprint density at radius 1 is 1.29 bits per heavy atom. The first kappa shape index (κ1) is 10.4. The van der Waals surface area contributed by atoms with E-state index in [-0.39, 0.29) is 0 Å². The number of nitrogen functional groups attached to an aromatic ring is 1. The number of pyridine rings is 1. The molecule has 0 spiro atoms. The molecule has 0 atom stereocenters. The van der Waals surface area contributed by atoms with E-state index < -0.39 is 0 Å². The van der Waals surface area contributed by atoms with Crippen LogP contribution in [-0.4, -0.2) is 9.97 Å². The van der Waals surface area contributed by atoms with Crippen LogP contribution in [0.4, 0.5) is 5.82 Å². The second-order valence-electron chi connectivity index (χ2n) is 4.08. The molecule has 0 amide bonds. The van der Waals surface area contributed by atoms with Crippen molar-refractivity contribution < 1.29 is 0 Å². The van der Waals surface area contributed by atoms with Crippen molar-refractivity contribution in [3.63, 3.8) is 0 Å². The predicted molar refractivity (Wildman–Crippen MR) is 72.4 cm³/mol. The fraction of sp³-hybridized carbons (Fsp3) is 0.154. The number of rotatable bonds is 1. The summed E-state index contributed by atoms with van der Waals surface area (Å²) in [5, 5.41) is 2.91. The van der Waals surface area contributed by atoms with Gasteiger partial charge in [0.05, 0.1) is 11.2 Å². The topological polar surface area (TPSA) is 54.7 Å². The van der Waals surface area contributed by atoms with Crippen molar-refractivity contribution in [2.75, 3.05) is 5.73 Å². The molecule has 0 saturated heterocycles. The number of hydrogen-bond donors (Lipinski definition) is 2. The fourth-order valence-electron chi connectivity index (χ4n) is 2.21. The Balaban J connectivity index is 2.52. The standard InChI is InChI=1S/C13H12ClN3/c1-2-10-13-9(6-12(15)16-10)8-5-7(14)3-4-11(8)17-13/h3-6,17H,2H2,1H3,(H2,15,16). The number of halogens is 1. The minimum absolute atomic E-state index is 0.551. The van der Waals surface area contributed by atoms with Crippen LogP contribution in [0.2, 0.25) is 5.02 Å². The summed E-state index contributed by atoms with van der Waals surface area (Å²) < 4.78 is 0. The second-order valence-corrected chi connectivity index (χ2v) is 4.52. The van der Waals surface area contributed by atoms with Crippen LogP contribution < -0.4 is 5.73 Å². The number of benzene rings is 1. The summed E-state index contributed by atoms with van der Waals surface area (Å²) in [5.41, 5.74) is 8.94. The zero-order valence-corrected chi connectivity index (χ0v) is 10.2. The number of nitrogens with zero attached hydrogens (tertiary/aromatic N) is 1. The highest BCUT2D eigenvalue weighted by molar-refractivity contribution is 6.31. The van der Waals surface area contributed by atoms with Gasteiger partial charge in [0, 0.05) is 21.3 Å². The van der Waals surface area contributed by atoms with Crippen molar-refractivity contribution >= 4 is 39.2 Å². The van der Waals surface area contributed by atoms with E-state index in [4.69, 9.17) is 17.3 Å². The lowest BCUT2D eigenvalue weighted by Crippen LogP contribution is -1.95. The van der Waals surface area contributed by atoms with Crippen LogP contribution in [-0.2, 0) is 6.42 Å². The van der Waals surface area contributed by atoms with Crippen LogP contribution in [0.15, 0.2) is 24.3 Å². The number of nitrogens with two attached hydrogens (primary N) is 1. The summed E-state index contributed by atoms with van der Waals surface area (Å²) in [5.74, 6) is 0.551. The van der Waals surface area contributed by atoms with Gasteiger partial charge in [-0.3, -0.25) is 0 Å². The summed E-state index contributed by atoms with van der Waals surface area (Å²) >= 11 is 6.03. The molecule has 0 unspecified atom stereocenters. The lowest BCUT2D eigenvalue weighted by Gasteiger charge is -2.00. The van der Waals surface area contributed by atoms with Gasteiger partial charge in [0.2, 0.25) is 0 Å². The second kappa shape index (κ2) is 3.64. The maximum Gasteiger partial charge on any atom is 0.124 e. The van der Waals surface area contributed by atoms with E-state index in [9.17, 15) is 0 Å². The molecule has 2 heterocycles. The molecule has 0 radical (unpaired) electrons. The average molecular weight is 246 g/mol. The maximum absolute atomic E-state index is 6.03. The number of aryl methyl sites for hydroxylation is 1. The van der Waals surface area contributed by atoms with E-state index in [1.165, 1.54) is 0 Å². The van der Waals surface area contributed by atoms with Crippen LogP contribution >= 0.6 is 11.6 Å². The first-order valence-electron chi connectivity index (χ1n) is 5.55. The monoisotopic (exact) mass is 245 g/mol.